The molecular formula is C20H21N5O. The summed E-state index contributed by atoms with van der Waals surface area (Å²) in [6.45, 7) is 1.53. The highest BCUT2D eigenvalue weighted by Crippen LogP contribution is 2.27. The van der Waals surface area contributed by atoms with Crippen LogP contribution in [-0.4, -0.2) is 38.8 Å². The molecule has 6 heteroatoms. The van der Waals surface area contributed by atoms with E-state index in [1.807, 2.05) is 42.3 Å². The molecule has 1 aliphatic rings. The summed E-state index contributed by atoms with van der Waals surface area (Å²) in [6, 6.07) is 17.9. The number of urea groups is 1. The number of amides is 2. The number of nitrogens with zero attached hydrogens (tertiary/aromatic N) is 4. The number of nitrogens with one attached hydrogen (secondary N) is 1. The number of carbonyl (C=O) groups excluding carboxylic acids is 1. The van der Waals surface area contributed by atoms with Crippen molar-refractivity contribution in [3.63, 3.8) is 0 Å². The van der Waals surface area contributed by atoms with Crippen molar-refractivity contribution >= 4 is 11.7 Å². The maximum Gasteiger partial charge on any atom is 0.321 e. The maximum absolute atomic E-state index is 12.5. The van der Waals surface area contributed by atoms with Gasteiger partial charge in [0.1, 0.15) is 6.33 Å². The number of rotatable bonds is 3. The number of hydrogen-bond acceptors (Lipinski definition) is 3. The minimum atomic E-state index is -0.0489. The van der Waals surface area contributed by atoms with Gasteiger partial charge in [0.25, 0.3) is 0 Å². The van der Waals surface area contributed by atoms with Crippen LogP contribution in [-0.2, 0) is 7.05 Å². The van der Waals surface area contributed by atoms with Crippen molar-refractivity contribution in [2.24, 2.45) is 7.05 Å². The van der Waals surface area contributed by atoms with Gasteiger partial charge >= 0.3 is 6.03 Å². The molecule has 1 N–H and O–H groups in total. The normalized spacial score (nSPS) is 16.7. The fraction of sp³-hybridized carbons (Fsp3) is 0.250. The standard InChI is InChI=1S/C20H21N5O/c1-24-14-21-19(23-24)16-7-9-18(10-8-16)22-20(26)25-12-11-17(13-25)15-5-3-2-4-6-15/h2-10,14,17H,11-13H2,1H3,(H,22,26)/t17-/m1/s1. The molecule has 132 valence electrons. The van der Waals surface area contributed by atoms with Crippen LogP contribution < -0.4 is 5.32 Å². The van der Waals surface area contributed by atoms with Crippen molar-refractivity contribution < 1.29 is 4.79 Å². The Morgan fingerprint density at radius 3 is 2.58 bits per heavy atom. The molecule has 0 spiro atoms. The van der Waals surface area contributed by atoms with Crippen molar-refractivity contribution in [1.29, 1.82) is 0 Å². The van der Waals surface area contributed by atoms with Crippen molar-refractivity contribution in [1.82, 2.24) is 19.7 Å². The van der Waals surface area contributed by atoms with Crippen molar-refractivity contribution in [2.45, 2.75) is 12.3 Å². The Morgan fingerprint density at radius 1 is 1.12 bits per heavy atom. The van der Waals surface area contributed by atoms with E-state index >= 15 is 0 Å². The van der Waals surface area contributed by atoms with Crippen molar-refractivity contribution in [2.75, 3.05) is 18.4 Å². The highest BCUT2D eigenvalue weighted by atomic mass is 16.2. The molecule has 1 atom stereocenters. The molecule has 1 saturated heterocycles. The molecule has 26 heavy (non-hydrogen) atoms. The zero-order chi connectivity index (χ0) is 17.9. The van der Waals surface area contributed by atoms with E-state index in [9.17, 15) is 4.79 Å². The SMILES string of the molecule is Cn1cnc(-c2ccc(NC(=O)N3CC[C@@H](c4ccccc4)C3)cc2)n1. The summed E-state index contributed by atoms with van der Waals surface area (Å²) in [5, 5.41) is 7.26. The molecule has 1 fully saturated rings. The summed E-state index contributed by atoms with van der Waals surface area (Å²) in [5.41, 5.74) is 3.00. The molecule has 1 aliphatic heterocycles. The van der Waals surface area contributed by atoms with Crippen LogP contribution in [0.15, 0.2) is 60.9 Å². The summed E-state index contributed by atoms with van der Waals surface area (Å²) in [7, 11) is 1.84. The zero-order valence-corrected chi connectivity index (χ0v) is 14.7. The van der Waals surface area contributed by atoms with Crippen LogP contribution in [0.5, 0.6) is 0 Å². The number of anilines is 1. The van der Waals surface area contributed by atoms with Gasteiger partial charge in [0.2, 0.25) is 0 Å². The Hall–Kier alpha value is -3.15. The van der Waals surface area contributed by atoms with Gasteiger partial charge in [-0.2, -0.15) is 5.10 Å². The molecule has 4 rings (SSSR count). The second-order valence-electron chi connectivity index (χ2n) is 6.59. The molecule has 2 amide bonds. The topological polar surface area (TPSA) is 63.1 Å². The molecular weight excluding hydrogens is 326 g/mol. The summed E-state index contributed by atoms with van der Waals surface area (Å²) in [6.07, 6.45) is 2.67. The second-order valence-corrected chi connectivity index (χ2v) is 6.59. The number of aryl methyl sites for hydroxylation is 1. The van der Waals surface area contributed by atoms with Crippen LogP contribution in [0.3, 0.4) is 0 Å². The highest BCUT2D eigenvalue weighted by Gasteiger charge is 2.27. The molecule has 3 aromatic rings. The summed E-state index contributed by atoms with van der Waals surface area (Å²) < 4.78 is 1.67. The predicted molar refractivity (Wildman–Crippen MR) is 101 cm³/mol. The lowest BCUT2D eigenvalue weighted by Crippen LogP contribution is -2.32. The molecule has 2 heterocycles. The quantitative estimate of drug-likeness (QED) is 0.789. The number of aromatic nitrogens is 3. The third-order valence-electron chi connectivity index (χ3n) is 4.74. The average Bonchev–Trinajstić information content (AvgIpc) is 3.32. The van der Waals surface area contributed by atoms with Gasteiger partial charge in [0.05, 0.1) is 0 Å². The third kappa shape index (κ3) is 3.44. The maximum atomic E-state index is 12.5. The molecule has 0 unspecified atom stereocenters. The summed E-state index contributed by atoms with van der Waals surface area (Å²) in [5.74, 6) is 1.09. The van der Waals surface area contributed by atoms with E-state index < -0.39 is 0 Å². The minimum Gasteiger partial charge on any atom is -0.324 e. The number of likely N-dealkylation sites (tertiary alicyclic amines) is 1. The van der Waals surface area contributed by atoms with E-state index in [0.29, 0.717) is 11.7 Å². The van der Waals surface area contributed by atoms with E-state index in [2.05, 4.69) is 39.7 Å². The number of carbonyl (C=O) groups is 1. The molecule has 1 aromatic heterocycles. The van der Waals surface area contributed by atoms with E-state index in [4.69, 9.17) is 0 Å². The minimum absolute atomic E-state index is 0.0489. The van der Waals surface area contributed by atoms with Crippen LogP contribution in [0.4, 0.5) is 10.5 Å². The largest absolute Gasteiger partial charge is 0.324 e. The molecule has 0 saturated carbocycles. The van der Waals surface area contributed by atoms with Gasteiger partial charge < -0.3 is 10.2 Å². The first-order chi connectivity index (χ1) is 12.7. The average molecular weight is 347 g/mol. The Balaban J connectivity index is 1.38. The Bertz CT molecular complexity index is 888. The lowest BCUT2D eigenvalue weighted by Gasteiger charge is -2.17. The van der Waals surface area contributed by atoms with Crippen LogP contribution in [0, 0.1) is 0 Å². The number of benzene rings is 2. The highest BCUT2D eigenvalue weighted by molar-refractivity contribution is 5.89. The molecule has 0 radical (unpaired) electrons. The van der Waals surface area contributed by atoms with Gasteiger partial charge in [-0.25, -0.2) is 9.78 Å². The Labute approximate surface area is 152 Å². The van der Waals surface area contributed by atoms with E-state index in [0.717, 1.165) is 30.8 Å². The van der Waals surface area contributed by atoms with E-state index in [-0.39, 0.29) is 6.03 Å². The lowest BCUT2D eigenvalue weighted by molar-refractivity contribution is 0.222. The van der Waals surface area contributed by atoms with E-state index in [1.54, 1.807) is 11.0 Å². The lowest BCUT2D eigenvalue weighted by atomic mass is 9.99. The number of hydrogen-bond donors (Lipinski definition) is 1. The Kier molecular flexibility index (Phi) is 4.39. The first-order valence-corrected chi connectivity index (χ1v) is 8.76. The zero-order valence-electron chi connectivity index (χ0n) is 14.7. The van der Waals surface area contributed by atoms with Crippen molar-refractivity contribution in [3.05, 3.63) is 66.5 Å². The fourth-order valence-electron chi connectivity index (χ4n) is 3.32. The van der Waals surface area contributed by atoms with E-state index in [1.165, 1.54) is 5.56 Å². The van der Waals surface area contributed by atoms with Gasteiger partial charge in [-0.3, -0.25) is 4.68 Å². The molecule has 0 bridgehead atoms. The van der Waals surface area contributed by atoms with Crippen LogP contribution in [0.25, 0.3) is 11.4 Å². The Morgan fingerprint density at radius 2 is 1.88 bits per heavy atom. The van der Waals surface area contributed by atoms with Gasteiger partial charge in [0.15, 0.2) is 5.82 Å². The van der Waals surface area contributed by atoms with Gasteiger partial charge in [-0.15, -0.1) is 0 Å². The third-order valence-corrected chi connectivity index (χ3v) is 4.74. The van der Waals surface area contributed by atoms with Crippen molar-refractivity contribution in [3.8, 4) is 11.4 Å². The van der Waals surface area contributed by atoms with Gasteiger partial charge in [0, 0.05) is 37.3 Å². The smallest absolute Gasteiger partial charge is 0.321 e. The first-order valence-electron chi connectivity index (χ1n) is 8.76. The summed E-state index contributed by atoms with van der Waals surface area (Å²) in [4.78, 5) is 18.7. The first kappa shape index (κ1) is 16.3. The van der Waals surface area contributed by atoms with Crippen LogP contribution in [0.1, 0.15) is 17.9 Å². The summed E-state index contributed by atoms with van der Waals surface area (Å²) >= 11 is 0. The van der Waals surface area contributed by atoms with Gasteiger partial charge in [-0.1, -0.05) is 30.3 Å². The van der Waals surface area contributed by atoms with Crippen LogP contribution in [0.2, 0.25) is 0 Å². The van der Waals surface area contributed by atoms with Gasteiger partial charge in [-0.05, 0) is 36.2 Å². The monoisotopic (exact) mass is 347 g/mol. The fourth-order valence-corrected chi connectivity index (χ4v) is 3.32. The molecule has 0 aliphatic carbocycles. The predicted octanol–water partition coefficient (Wildman–Crippen LogP) is 3.50. The van der Waals surface area contributed by atoms with Crippen LogP contribution >= 0.6 is 0 Å². The molecule has 6 nitrogen and oxygen atoms in total. The molecule has 2 aromatic carbocycles. The second kappa shape index (κ2) is 7.00.